The third-order valence-electron chi connectivity index (χ3n) is 3.85. The third kappa shape index (κ3) is 5.09. The highest BCUT2D eigenvalue weighted by molar-refractivity contribution is 9.10. The lowest BCUT2D eigenvalue weighted by Crippen LogP contribution is -2.40. The maximum absolute atomic E-state index is 12.4. The van der Waals surface area contributed by atoms with E-state index in [2.05, 4.69) is 26.2 Å². The minimum atomic E-state index is -0.0766. The fourth-order valence-corrected chi connectivity index (χ4v) is 3.14. The van der Waals surface area contributed by atoms with E-state index in [9.17, 15) is 4.79 Å². The van der Waals surface area contributed by atoms with Crippen molar-refractivity contribution in [1.82, 2.24) is 9.88 Å². The second-order valence-corrected chi connectivity index (χ2v) is 7.01. The van der Waals surface area contributed by atoms with Crippen LogP contribution in [0.3, 0.4) is 0 Å². The van der Waals surface area contributed by atoms with Crippen molar-refractivity contribution in [3.63, 3.8) is 0 Å². The van der Waals surface area contributed by atoms with Crippen LogP contribution in [0.1, 0.15) is 10.4 Å². The summed E-state index contributed by atoms with van der Waals surface area (Å²) in [7, 11) is 0. The lowest BCUT2D eigenvalue weighted by atomic mass is 10.2. The van der Waals surface area contributed by atoms with Crippen molar-refractivity contribution in [2.75, 3.05) is 44.8 Å². The molecule has 3 rings (SSSR count). The number of carbonyl (C=O) groups excluding carboxylic acids is 1. The van der Waals surface area contributed by atoms with Gasteiger partial charge in [-0.15, -0.1) is 0 Å². The number of carbonyl (C=O) groups is 1. The van der Waals surface area contributed by atoms with Crippen LogP contribution in [-0.4, -0.2) is 55.2 Å². The zero-order valence-electron chi connectivity index (χ0n) is 14.1. The lowest BCUT2D eigenvalue weighted by Gasteiger charge is -2.26. The van der Waals surface area contributed by atoms with Gasteiger partial charge in [0.05, 0.1) is 30.3 Å². The van der Waals surface area contributed by atoms with Gasteiger partial charge in [0.1, 0.15) is 18.2 Å². The van der Waals surface area contributed by atoms with Gasteiger partial charge in [0, 0.05) is 23.8 Å². The molecule has 1 N–H and O–H groups in total. The molecule has 0 spiro atoms. The van der Waals surface area contributed by atoms with Gasteiger partial charge < -0.3 is 19.7 Å². The van der Waals surface area contributed by atoms with E-state index in [1.54, 1.807) is 17.2 Å². The number of hydrogen-bond donors (Lipinski definition) is 1. The third-order valence-corrected chi connectivity index (χ3v) is 4.63. The first-order valence-corrected chi connectivity index (χ1v) is 9.45. The highest BCUT2D eigenvalue weighted by Crippen LogP contribution is 2.21. The van der Waals surface area contributed by atoms with Crippen LogP contribution in [0.25, 0.3) is 0 Å². The molecular formula is C18H19BrClN3O3. The Kier molecular flexibility index (Phi) is 6.71. The largest absolute Gasteiger partial charge is 0.492 e. The van der Waals surface area contributed by atoms with Gasteiger partial charge in [-0.1, -0.05) is 33.6 Å². The molecule has 1 aromatic carbocycles. The molecule has 1 amide bonds. The van der Waals surface area contributed by atoms with Gasteiger partial charge in [-0.05, 0) is 24.3 Å². The van der Waals surface area contributed by atoms with Gasteiger partial charge in [0.15, 0.2) is 0 Å². The van der Waals surface area contributed by atoms with E-state index in [-0.39, 0.29) is 5.91 Å². The zero-order chi connectivity index (χ0) is 18.4. The molecule has 0 unspecified atom stereocenters. The summed E-state index contributed by atoms with van der Waals surface area (Å²) in [5.41, 5.74) is 0.479. The van der Waals surface area contributed by atoms with Crippen molar-refractivity contribution in [3.05, 3.63) is 51.6 Å². The van der Waals surface area contributed by atoms with Crippen LogP contribution in [0.15, 0.2) is 41.0 Å². The fourth-order valence-electron chi connectivity index (χ4n) is 2.53. The summed E-state index contributed by atoms with van der Waals surface area (Å²) in [6.07, 6.45) is 1.54. The average Bonchev–Trinajstić information content (AvgIpc) is 2.66. The minimum Gasteiger partial charge on any atom is -0.492 e. The summed E-state index contributed by atoms with van der Waals surface area (Å²) in [5, 5.41) is 3.53. The molecule has 0 bridgehead atoms. The lowest BCUT2D eigenvalue weighted by molar-refractivity contribution is 0.0302. The van der Waals surface area contributed by atoms with Crippen LogP contribution in [0, 0.1) is 0 Å². The van der Waals surface area contributed by atoms with Crippen molar-refractivity contribution in [1.29, 1.82) is 0 Å². The number of hydrogen-bond acceptors (Lipinski definition) is 5. The van der Waals surface area contributed by atoms with Crippen LogP contribution in [0.5, 0.6) is 5.75 Å². The van der Waals surface area contributed by atoms with E-state index in [1.165, 1.54) is 0 Å². The number of halogens is 2. The molecule has 8 heteroatoms. The Balaban J connectivity index is 1.51. The number of rotatable bonds is 6. The molecule has 0 radical (unpaired) electrons. The molecule has 0 aliphatic carbocycles. The van der Waals surface area contributed by atoms with Crippen molar-refractivity contribution in [2.45, 2.75) is 0 Å². The van der Waals surface area contributed by atoms with Gasteiger partial charge in [-0.2, -0.15) is 0 Å². The number of anilines is 1. The molecule has 6 nitrogen and oxygen atoms in total. The van der Waals surface area contributed by atoms with Crippen LogP contribution in [0.2, 0.25) is 5.02 Å². The van der Waals surface area contributed by atoms with E-state index in [1.807, 2.05) is 24.3 Å². The van der Waals surface area contributed by atoms with Crippen LogP contribution < -0.4 is 10.1 Å². The first-order chi connectivity index (χ1) is 12.6. The summed E-state index contributed by atoms with van der Waals surface area (Å²) in [6, 6.07) is 9.28. The predicted octanol–water partition coefficient (Wildman–Crippen LogP) is 3.46. The topological polar surface area (TPSA) is 63.7 Å². The normalized spacial score (nSPS) is 14.2. The molecule has 1 aliphatic heterocycles. The monoisotopic (exact) mass is 439 g/mol. The van der Waals surface area contributed by atoms with Gasteiger partial charge in [0.25, 0.3) is 5.91 Å². The summed E-state index contributed by atoms with van der Waals surface area (Å²) >= 11 is 9.67. The van der Waals surface area contributed by atoms with Crippen LogP contribution in [-0.2, 0) is 4.74 Å². The van der Waals surface area contributed by atoms with E-state index in [0.717, 1.165) is 10.2 Å². The maximum atomic E-state index is 12.4. The predicted molar refractivity (Wildman–Crippen MR) is 104 cm³/mol. The zero-order valence-corrected chi connectivity index (χ0v) is 16.4. The summed E-state index contributed by atoms with van der Waals surface area (Å²) in [5.74, 6) is 1.24. The highest BCUT2D eigenvalue weighted by atomic mass is 79.9. The molecule has 0 atom stereocenters. The Morgan fingerprint density at radius 3 is 2.88 bits per heavy atom. The second kappa shape index (κ2) is 9.21. The molecule has 1 saturated heterocycles. The molecule has 0 saturated carbocycles. The Bertz CT molecular complexity index is 769. The van der Waals surface area contributed by atoms with E-state index in [4.69, 9.17) is 21.1 Å². The second-order valence-electron chi connectivity index (χ2n) is 5.69. The standard InChI is InChI=1S/C18H19BrClN3O3/c19-14-2-1-3-15(11-14)26-7-4-21-17-16(20)10-13(12-22-17)18(24)23-5-8-25-9-6-23/h1-3,10-12H,4-9H2,(H,21,22). The van der Waals surface area contributed by atoms with Gasteiger partial charge >= 0.3 is 0 Å². The number of amides is 1. The van der Waals surface area contributed by atoms with E-state index in [0.29, 0.717) is 55.9 Å². The van der Waals surface area contributed by atoms with Gasteiger partial charge in [-0.3, -0.25) is 4.79 Å². The Morgan fingerprint density at radius 2 is 2.15 bits per heavy atom. The van der Waals surface area contributed by atoms with E-state index < -0.39 is 0 Å². The molecule has 138 valence electrons. The van der Waals surface area contributed by atoms with Crippen LogP contribution in [0.4, 0.5) is 5.82 Å². The number of nitrogens with one attached hydrogen (secondary N) is 1. The summed E-state index contributed by atoms with van der Waals surface area (Å²) < 4.78 is 11.9. The van der Waals surface area contributed by atoms with Crippen molar-refractivity contribution in [2.24, 2.45) is 0 Å². The molecule has 2 heterocycles. The summed E-state index contributed by atoms with van der Waals surface area (Å²) in [6.45, 7) is 3.29. The van der Waals surface area contributed by atoms with Crippen LogP contribution >= 0.6 is 27.5 Å². The first-order valence-electron chi connectivity index (χ1n) is 8.28. The SMILES string of the molecule is O=C(c1cnc(NCCOc2cccc(Br)c2)c(Cl)c1)N1CCOCC1. The Hall–Kier alpha value is -1.83. The molecule has 1 aromatic heterocycles. The number of nitrogens with zero attached hydrogens (tertiary/aromatic N) is 2. The Morgan fingerprint density at radius 1 is 1.35 bits per heavy atom. The fraction of sp³-hybridized carbons (Fsp3) is 0.333. The highest BCUT2D eigenvalue weighted by Gasteiger charge is 2.19. The number of pyridine rings is 1. The molecular weight excluding hydrogens is 422 g/mol. The molecule has 2 aromatic rings. The minimum absolute atomic E-state index is 0.0766. The molecule has 1 aliphatic rings. The smallest absolute Gasteiger partial charge is 0.255 e. The van der Waals surface area contributed by atoms with E-state index >= 15 is 0 Å². The molecule has 1 fully saturated rings. The van der Waals surface area contributed by atoms with Gasteiger partial charge in [-0.25, -0.2) is 4.98 Å². The quantitative estimate of drug-likeness (QED) is 0.697. The number of ether oxygens (including phenoxy) is 2. The number of morpholine rings is 1. The van der Waals surface area contributed by atoms with Crippen molar-refractivity contribution < 1.29 is 14.3 Å². The van der Waals surface area contributed by atoms with Crippen molar-refractivity contribution in [3.8, 4) is 5.75 Å². The average molecular weight is 441 g/mol. The number of benzene rings is 1. The van der Waals surface area contributed by atoms with Gasteiger partial charge in [0.2, 0.25) is 0 Å². The number of aromatic nitrogens is 1. The van der Waals surface area contributed by atoms with Crippen molar-refractivity contribution >= 4 is 39.3 Å². The molecule has 26 heavy (non-hydrogen) atoms. The first kappa shape index (κ1) is 18.9. The Labute approximate surface area is 165 Å². The maximum Gasteiger partial charge on any atom is 0.255 e. The summed E-state index contributed by atoms with van der Waals surface area (Å²) in [4.78, 5) is 18.4.